The minimum atomic E-state index is -0.601. The van der Waals surface area contributed by atoms with Gasteiger partial charge >= 0.3 is 0 Å². The first-order valence-corrected chi connectivity index (χ1v) is 10.5. The second kappa shape index (κ2) is 7.84. The van der Waals surface area contributed by atoms with Crippen LogP contribution in [0.2, 0.25) is 5.02 Å². The van der Waals surface area contributed by atoms with Crippen LogP contribution < -0.4 is 16.8 Å². The Morgan fingerprint density at radius 1 is 1.03 bits per heavy atom. The van der Waals surface area contributed by atoms with E-state index in [1.54, 1.807) is 24.8 Å². The molecule has 1 fully saturated rings. The fraction of sp³-hybridized carbons (Fsp3) is 0.286. The van der Waals surface area contributed by atoms with Gasteiger partial charge in [0.15, 0.2) is 0 Å². The summed E-state index contributed by atoms with van der Waals surface area (Å²) in [5.41, 5.74) is 15.9. The molecule has 31 heavy (non-hydrogen) atoms. The molecule has 5 N–H and O–H groups in total. The van der Waals surface area contributed by atoms with Crippen LogP contribution in [0.4, 0.5) is 11.4 Å². The summed E-state index contributed by atoms with van der Waals surface area (Å²) in [5.74, 6) is 0.587. The van der Waals surface area contributed by atoms with E-state index >= 15 is 0 Å². The number of fused-ring (bicyclic) bond motifs is 1. The first kappa shape index (κ1) is 19.8. The number of anilines is 2. The summed E-state index contributed by atoms with van der Waals surface area (Å²) in [4.78, 5) is 21.8. The van der Waals surface area contributed by atoms with Gasteiger partial charge in [-0.2, -0.15) is 0 Å². The van der Waals surface area contributed by atoms with Gasteiger partial charge < -0.3 is 16.8 Å². The lowest BCUT2D eigenvalue weighted by atomic mass is 9.80. The second-order valence-corrected chi connectivity index (χ2v) is 8.33. The largest absolute Gasteiger partial charge is 0.352 e. The van der Waals surface area contributed by atoms with Crippen molar-refractivity contribution in [2.75, 3.05) is 5.32 Å². The Balaban J connectivity index is 1.54. The van der Waals surface area contributed by atoms with Crippen LogP contribution in [0.5, 0.6) is 0 Å². The number of hydrogen-bond acceptors (Lipinski definition) is 8. The molecule has 0 unspecified atom stereocenters. The monoisotopic (exact) mass is 435 g/mol. The zero-order valence-corrected chi connectivity index (χ0v) is 17.5. The van der Waals surface area contributed by atoms with Crippen molar-refractivity contribution in [2.45, 2.75) is 37.3 Å². The maximum absolute atomic E-state index is 6.67. The number of rotatable bonds is 4. The molecule has 0 saturated heterocycles. The molecule has 4 aromatic rings. The topological polar surface area (TPSA) is 133 Å². The van der Waals surface area contributed by atoms with Crippen LogP contribution >= 0.6 is 11.6 Å². The highest BCUT2D eigenvalue weighted by Crippen LogP contribution is 2.35. The van der Waals surface area contributed by atoms with E-state index in [-0.39, 0.29) is 6.04 Å². The number of imidazole rings is 1. The van der Waals surface area contributed by atoms with Gasteiger partial charge in [0.1, 0.15) is 23.5 Å². The summed E-state index contributed by atoms with van der Waals surface area (Å²) in [7, 11) is 0. The zero-order chi connectivity index (χ0) is 21.4. The van der Waals surface area contributed by atoms with Crippen molar-refractivity contribution < 1.29 is 0 Å². The van der Waals surface area contributed by atoms with Crippen molar-refractivity contribution >= 4 is 28.6 Å². The Hall–Kier alpha value is -3.14. The quantitative estimate of drug-likeness (QED) is 0.445. The second-order valence-electron chi connectivity index (χ2n) is 7.93. The van der Waals surface area contributed by atoms with Gasteiger partial charge in [-0.25, -0.2) is 24.9 Å². The fourth-order valence-corrected chi connectivity index (χ4v) is 4.11. The van der Waals surface area contributed by atoms with E-state index in [9.17, 15) is 0 Å². The van der Waals surface area contributed by atoms with E-state index in [1.807, 2.05) is 22.7 Å². The van der Waals surface area contributed by atoms with Crippen molar-refractivity contribution in [3.63, 3.8) is 0 Å². The fourth-order valence-electron chi connectivity index (χ4n) is 3.93. The average Bonchev–Trinajstić information content (AvgIpc) is 3.20. The molecule has 0 radical (unpaired) electrons. The number of hydrogen-bond donors (Lipinski definition) is 3. The van der Waals surface area contributed by atoms with Crippen LogP contribution in [0, 0.1) is 0 Å². The zero-order valence-electron chi connectivity index (χ0n) is 16.7. The molecular weight excluding hydrogens is 414 g/mol. The van der Waals surface area contributed by atoms with E-state index in [4.69, 9.17) is 28.1 Å². The third-order valence-electron chi connectivity index (χ3n) is 5.71. The highest BCUT2D eigenvalue weighted by molar-refractivity contribution is 6.32. The molecule has 1 aliphatic rings. The normalized spacial score (nSPS) is 21.3. The minimum Gasteiger partial charge on any atom is -0.352 e. The molecule has 1 saturated carbocycles. The predicted molar refractivity (Wildman–Crippen MR) is 119 cm³/mol. The number of nitrogens with one attached hydrogen (secondary N) is 1. The molecule has 9 nitrogen and oxygen atoms in total. The molecule has 0 amide bonds. The molecule has 0 aliphatic heterocycles. The smallest absolute Gasteiger partial charge is 0.148 e. The van der Waals surface area contributed by atoms with Crippen LogP contribution in [0.25, 0.3) is 17.0 Å². The highest BCUT2D eigenvalue weighted by atomic mass is 35.5. The summed E-state index contributed by atoms with van der Waals surface area (Å²) in [6.45, 7) is 0. The van der Waals surface area contributed by atoms with Crippen molar-refractivity contribution in [3.05, 3.63) is 60.3 Å². The van der Waals surface area contributed by atoms with Gasteiger partial charge in [-0.1, -0.05) is 11.6 Å². The number of halogens is 1. The molecule has 1 aliphatic carbocycles. The van der Waals surface area contributed by atoms with E-state index in [2.05, 4.69) is 25.3 Å². The molecule has 0 atom stereocenters. The van der Waals surface area contributed by atoms with Crippen LogP contribution in [0.15, 0.2) is 49.4 Å². The first-order chi connectivity index (χ1) is 15.0. The Morgan fingerprint density at radius 2 is 1.81 bits per heavy atom. The van der Waals surface area contributed by atoms with Gasteiger partial charge in [0.05, 0.1) is 46.2 Å². The lowest BCUT2D eigenvalue weighted by Crippen LogP contribution is -2.45. The molecule has 4 heterocycles. The van der Waals surface area contributed by atoms with Crippen molar-refractivity contribution in [1.82, 2.24) is 29.3 Å². The molecule has 4 aromatic heterocycles. The predicted octanol–water partition coefficient (Wildman–Crippen LogP) is 3.03. The summed E-state index contributed by atoms with van der Waals surface area (Å²) >= 11 is 6.51. The Kier molecular flexibility index (Phi) is 5.01. The van der Waals surface area contributed by atoms with Crippen LogP contribution in [0.1, 0.15) is 31.5 Å². The molecule has 5 rings (SSSR count). The van der Waals surface area contributed by atoms with E-state index in [1.165, 1.54) is 6.33 Å². The highest BCUT2D eigenvalue weighted by Gasteiger charge is 2.35. The van der Waals surface area contributed by atoms with E-state index < -0.39 is 5.54 Å². The van der Waals surface area contributed by atoms with Crippen molar-refractivity contribution in [1.29, 1.82) is 0 Å². The molecular formula is C21H22ClN9. The standard InChI is InChI=1S/C21H22ClN9/c22-16-9-28-20(21(24)5-3-13(23)4-6-21)30-19(16)17-10-27-18-2-1-14(11-31(17)18)29-15-7-25-12-26-8-15/h1-2,7-13,29H,3-6,23-24H2. The summed E-state index contributed by atoms with van der Waals surface area (Å²) in [6.07, 6.45) is 13.4. The SMILES string of the molecule is NC1CCC(N)(c2ncc(Cl)c(-c3cnc4ccc(Nc5cncnc5)cn34)n2)CC1. The molecule has 10 heteroatoms. The third kappa shape index (κ3) is 3.83. The number of aromatic nitrogens is 6. The average molecular weight is 436 g/mol. The Bertz CT molecular complexity index is 1220. The van der Waals surface area contributed by atoms with Gasteiger partial charge in [0.2, 0.25) is 0 Å². The molecule has 0 bridgehead atoms. The lowest BCUT2D eigenvalue weighted by molar-refractivity contribution is 0.265. The van der Waals surface area contributed by atoms with Crippen LogP contribution in [-0.2, 0) is 5.54 Å². The van der Waals surface area contributed by atoms with E-state index in [0.717, 1.165) is 48.4 Å². The number of nitrogens with two attached hydrogens (primary N) is 2. The Morgan fingerprint density at radius 3 is 2.58 bits per heavy atom. The van der Waals surface area contributed by atoms with Gasteiger partial charge in [0.25, 0.3) is 0 Å². The summed E-state index contributed by atoms with van der Waals surface area (Å²) in [6, 6.07) is 4.04. The number of nitrogens with zero attached hydrogens (tertiary/aromatic N) is 6. The maximum Gasteiger partial charge on any atom is 0.148 e. The van der Waals surface area contributed by atoms with Crippen molar-refractivity contribution in [2.24, 2.45) is 11.5 Å². The summed E-state index contributed by atoms with van der Waals surface area (Å²) < 4.78 is 1.93. The third-order valence-corrected chi connectivity index (χ3v) is 5.99. The van der Waals surface area contributed by atoms with Gasteiger partial charge in [-0.05, 0) is 37.8 Å². The van der Waals surface area contributed by atoms with Crippen LogP contribution in [-0.4, -0.2) is 35.4 Å². The first-order valence-electron chi connectivity index (χ1n) is 10.1. The van der Waals surface area contributed by atoms with Gasteiger partial charge in [0, 0.05) is 18.4 Å². The van der Waals surface area contributed by atoms with Crippen LogP contribution in [0.3, 0.4) is 0 Å². The van der Waals surface area contributed by atoms with Crippen molar-refractivity contribution in [3.8, 4) is 11.4 Å². The maximum atomic E-state index is 6.67. The number of pyridine rings is 1. The lowest BCUT2D eigenvalue weighted by Gasteiger charge is -2.34. The summed E-state index contributed by atoms with van der Waals surface area (Å²) in [5, 5.41) is 3.72. The van der Waals surface area contributed by atoms with Gasteiger partial charge in [-0.15, -0.1) is 0 Å². The van der Waals surface area contributed by atoms with Gasteiger partial charge in [-0.3, -0.25) is 4.40 Å². The molecule has 0 spiro atoms. The van der Waals surface area contributed by atoms with E-state index in [0.29, 0.717) is 16.5 Å². The molecule has 0 aromatic carbocycles. The minimum absolute atomic E-state index is 0.183. The Labute approximate surface area is 183 Å². The molecule has 158 valence electrons.